The van der Waals surface area contributed by atoms with Crippen molar-refractivity contribution >= 4 is 33.2 Å². The van der Waals surface area contributed by atoms with Gasteiger partial charge in [0.1, 0.15) is 0 Å². The number of amides is 1. The van der Waals surface area contributed by atoms with E-state index in [1.54, 1.807) is 12.4 Å². The molecule has 0 saturated carbocycles. The summed E-state index contributed by atoms with van der Waals surface area (Å²) in [6, 6.07) is 1.88. The number of carbonyl (C=O) groups is 1. The molecule has 1 aromatic heterocycles. The monoisotopic (exact) mass is 299 g/mol. The van der Waals surface area contributed by atoms with Crippen molar-refractivity contribution in [2.45, 2.75) is 19.3 Å². The maximum Gasteiger partial charge on any atom is 0.224 e. The molecule has 0 bridgehead atoms. The molecule has 1 N–H and O–H groups in total. The first-order valence-corrected chi connectivity index (χ1v) is 6.74. The van der Waals surface area contributed by atoms with Crippen LogP contribution < -0.4 is 10.2 Å². The molecule has 0 atom stereocenters. The van der Waals surface area contributed by atoms with Crippen molar-refractivity contribution in [2.24, 2.45) is 0 Å². The van der Waals surface area contributed by atoms with E-state index in [9.17, 15) is 4.79 Å². The van der Waals surface area contributed by atoms with Crippen LogP contribution in [0.25, 0.3) is 0 Å². The lowest BCUT2D eigenvalue weighted by molar-refractivity contribution is -0.116. The molecular formula is C12H18BrN3O. The van der Waals surface area contributed by atoms with Gasteiger partial charge in [0, 0.05) is 32.0 Å². The number of hydrogen-bond acceptors (Lipinski definition) is 3. The summed E-state index contributed by atoms with van der Waals surface area (Å²) < 4.78 is 0. The highest BCUT2D eigenvalue weighted by Crippen LogP contribution is 2.22. The van der Waals surface area contributed by atoms with Gasteiger partial charge in [-0.3, -0.25) is 9.78 Å². The molecule has 0 fully saturated rings. The fraction of sp³-hybridized carbons (Fsp3) is 0.500. The summed E-state index contributed by atoms with van der Waals surface area (Å²) in [5.74, 6) is 0.0436. The summed E-state index contributed by atoms with van der Waals surface area (Å²) in [6.07, 6.45) is 5.86. The highest BCUT2D eigenvalue weighted by molar-refractivity contribution is 9.09. The summed E-state index contributed by atoms with van der Waals surface area (Å²) in [6.45, 7) is 0. The van der Waals surface area contributed by atoms with Crippen molar-refractivity contribution in [3.05, 3.63) is 18.5 Å². The third-order valence-electron chi connectivity index (χ3n) is 2.34. The predicted molar refractivity (Wildman–Crippen MR) is 74.8 cm³/mol. The molecule has 1 heterocycles. The fourth-order valence-electron chi connectivity index (χ4n) is 1.47. The van der Waals surface area contributed by atoms with Gasteiger partial charge in [-0.05, 0) is 18.9 Å². The number of halogens is 1. The van der Waals surface area contributed by atoms with Crippen molar-refractivity contribution in [1.29, 1.82) is 0 Å². The van der Waals surface area contributed by atoms with Gasteiger partial charge in [0.25, 0.3) is 0 Å². The van der Waals surface area contributed by atoms with Crippen LogP contribution in [-0.4, -0.2) is 30.3 Å². The van der Waals surface area contributed by atoms with Crippen LogP contribution in [-0.2, 0) is 4.79 Å². The Bertz CT molecular complexity index is 369. The van der Waals surface area contributed by atoms with Gasteiger partial charge in [0.2, 0.25) is 5.91 Å². The van der Waals surface area contributed by atoms with E-state index in [0.717, 1.165) is 29.5 Å². The lowest BCUT2D eigenvalue weighted by atomic mass is 10.2. The zero-order valence-corrected chi connectivity index (χ0v) is 11.8. The van der Waals surface area contributed by atoms with Crippen LogP contribution in [0.4, 0.5) is 11.4 Å². The Hall–Kier alpha value is -1.10. The van der Waals surface area contributed by atoms with Crippen LogP contribution in [0.2, 0.25) is 0 Å². The molecule has 1 aromatic rings. The first kappa shape index (κ1) is 14.0. The summed E-state index contributed by atoms with van der Waals surface area (Å²) in [5.41, 5.74) is 1.73. The van der Waals surface area contributed by atoms with Gasteiger partial charge in [-0.1, -0.05) is 15.9 Å². The lowest BCUT2D eigenvalue weighted by Crippen LogP contribution is -2.16. The third kappa shape index (κ3) is 4.73. The topological polar surface area (TPSA) is 45.2 Å². The van der Waals surface area contributed by atoms with E-state index in [1.165, 1.54) is 0 Å². The highest BCUT2D eigenvalue weighted by atomic mass is 79.9. The van der Waals surface area contributed by atoms with Gasteiger partial charge >= 0.3 is 0 Å². The SMILES string of the molecule is CN(C)c1ccncc1NC(=O)CCCCBr. The highest BCUT2D eigenvalue weighted by Gasteiger charge is 2.07. The average molecular weight is 300 g/mol. The molecule has 0 aliphatic carbocycles. The lowest BCUT2D eigenvalue weighted by Gasteiger charge is -2.17. The second kappa shape index (κ2) is 7.27. The van der Waals surface area contributed by atoms with Crippen molar-refractivity contribution in [2.75, 3.05) is 29.6 Å². The zero-order valence-electron chi connectivity index (χ0n) is 10.2. The van der Waals surface area contributed by atoms with Crippen LogP contribution in [0.3, 0.4) is 0 Å². The van der Waals surface area contributed by atoms with Crippen LogP contribution in [0, 0.1) is 0 Å². The van der Waals surface area contributed by atoms with Crippen molar-refractivity contribution in [3.8, 4) is 0 Å². The predicted octanol–water partition coefficient (Wildman–Crippen LogP) is 2.65. The molecular weight excluding hydrogens is 282 g/mol. The molecule has 17 heavy (non-hydrogen) atoms. The van der Waals surface area contributed by atoms with Gasteiger partial charge in [-0.2, -0.15) is 0 Å². The minimum Gasteiger partial charge on any atom is -0.376 e. The van der Waals surface area contributed by atoms with Gasteiger partial charge < -0.3 is 10.2 Å². The van der Waals surface area contributed by atoms with Gasteiger partial charge in [-0.25, -0.2) is 0 Å². The molecule has 0 unspecified atom stereocenters. The van der Waals surface area contributed by atoms with Crippen LogP contribution in [0.1, 0.15) is 19.3 Å². The van der Waals surface area contributed by atoms with Gasteiger partial charge in [0.15, 0.2) is 0 Å². The molecule has 94 valence electrons. The molecule has 0 aliphatic rings. The first-order chi connectivity index (χ1) is 8.15. The Balaban J connectivity index is 2.58. The van der Waals surface area contributed by atoms with Crippen LogP contribution >= 0.6 is 15.9 Å². The number of rotatable bonds is 6. The number of alkyl halides is 1. The Labute approximate surface area is 111 Å². The van der Waals surface area contributed by atoms with Gasteiger partial charge in [0.05, 0.1) is 17.6 Å². The molecule has 0 radical (unpaired) electrons. The molecule has 4 nitrogen and oxygen atoms in total. The molecule has 5 heteroatoms. The Morgan fingerprint density at radius 1 is 1.47 bits per heavy atom. The number of aromatic nitrogens is 1. The average Bonchev–Trinajstić information content (AvgIpc) is 2.29. The fourth-order valence-corrected chi connectivity index (χ4v) is 1.86. The molecule has 1 amide bonds. The van der Waals surface area contributed by atoms with Gasteiger partial charge in [-0.15, -0.1) is 0 Å². The molecule has 0 spiro atoms. The maximum atomic E-state index is 11.7. The molecule has 0 saturated heterocycles. The van der Waals surface area contributed by atoms with E-state index in [2.05, 4.69) is 26.2 Å². The number of anilines is 2. The van der Waals surface area contributed by atoms with Crippen LogP contribution in [0.5, 0.6) is 0 Å². The summed E-state index contributed by atoms with van der Waals surface area (Å²) in [4.78, 5) is 17.7. The zero-order chi connectivity index (χ0) is 12.7. The smallest absolute Gasteiger partial charge is 0.224 e. The number of unbranched alkanes of at least 4 members (excludes halogenated alkanes) is 1. The van der Waals surface area contributed by atoms with E-state index < -0.39 is 0 Å². The van der Waals surface area contributed by atoms with Crippen LogP contribution in [0.15, 0.2) is 18.5 Å². The van der Waals surface area contributed by atoms with E-state index >= 15 is 0 Å². The van der Waals surface area contributed by atoms with E-state index in [0.29, 0.717) is 6.42 Å². The van der Waals surface area contributed by atoms with Crippen molar-refractivity contribution < 1.29 is 4.79 Å². The number of hydrogen-bond donors (Lipinski definition) is 1. The minimum absolute atomic E-state index is 0.0436. The van der Waals surface area contributed by atoms with E-state index in [1.807, 2.05) is 25.1 Å². The number of nitrogens with zero attached hydrogens (tertiary/aromatic N) is 2. The molecule has 1 rings (SSSR count). The Morgan fingerprint density at radius 3 is 2.88 bits per heavy atom. The normalized spacial score (nSPS) is 10.1. The number of nitrogens with one attached hydrogen (secondary N) is 1. The molecule has 0 aromatic carbocycles. The third-order valence-corrected chi connectivity index (χ3v) is 2.90. The van der Waals surface area contributed by atoms with Crippen molar-refractivity contribution in [1.82, 2.24) is 4.98 Å². The first-order valence-electron chi connectivity index (χ1n) is 5.62. The second-order valence-corrected chi connectivity index (χ2v) is 4.77. The standard InChI is InChI=1S/C12H18BrN3O/c1-16(2)11-6-8-14-9-10(11)15-12(17)5-3-4-7-13/h6,8-9H,3-5,7H2,1-2H3,(H,15,17). The summed E-state index contributed by atoms with van der Waals surface area (Å²) in [7, 11) is 3.88. The molecule has 0 aliphatic heterocycles. The maximum absolute atomic E-state index is 11.7. The Morgan fingerprint density at radius 2 is 2.24 bits per heavy atom. The van der Waals surface area contributed by atoms with E-state index in [-0.39, 0.29) is 5.91 Å². The summed E-state index contributed by atoms with van der Waals surface area (Å²) >= 11 is 3.35. The second-order valence-electron chi connectivity index (χ2n) is 3.98. The largest absolute Gasteiger partial charge is 0.376 e. The quantitative estimate of drug-likeness (QED) is 0.649. The van der Waals surface area contributed by atoms with E-state index in [4.69, 9.17) is 0 Å². The Kier molecular flexibility index (Phi) is 5.97. The minimum atomic E-state index is 0.0436. The number of pyridine rings is 1. The number of carbonyl (C=O) groups excluding carboxylic acids is 1. The summed E-state index contributed by atoms with van der Waals surface area (Å²) in [5, 5.41) is 3.83. The van der Waals surface area contributed by atoms with Crippen molar-refractivity contribution in [3.63, 3.8) is 0 Å².